The largest absolute Gasteiger partial charge is 0.314 e. The van der Waals surface area contributed by atoms with Crippen LogP contribution in [0.2, 0.25) is 0 Å². The van der Waals surface area contributed by atoms with Gasteiger partial charge in [-0.05, 0) is 6.92 Å². The Bertz CT molecular complexity index is 324. The van der Waals surface area contributed by atoms with Crippen molar-refractivity contribution in [1.29, 1.82) is 0 Å². The molecule has 1 unspecified atom stereocenters. The van der Waals surface area contributed by atoms with Gasteiger partial charge in [0, 0.05) is 117 Å². The average Bonchev–Trinajstić information content (AvgIpc) is 2.66. The lowest BCUT2D eigenvalue weighted by Crippen LogP contribution is -2.47. The molecule has 27 heavy (non-hydrogen) atoms. The summed E-state index contributed by atoms with van der Waals surface area (Å²) >= 11 is 0. The number of nitrogens with zero attached hydrogens (tertiary/aromatic N) is 2. The third-order valence-corrected chi connectivity index (χ3v) is 5.31. The van der Waals surface area contributed by atoms with Crippen LogP contribution in [0.25, 0.3) is 0 Å². The van der Waals surface area contributed by atoms with Gasteiger partial charge in [0.1, 0.15) is 0 Å². The molecule has 0 aromatic heterocycles. The maximum atomic E-state index is 3.68. The first kappa shape index (κ1) is 23.0. The second kappa shape index (κ2) is 15.6. The van der Waals surface area contributed by atoms with Gasteiger partial charge in [0.05, 0.1) is 0 Å². The lowest BCUT2D eigenvalue weighted by Gasteiger charge is -2.27. The van der Waals surface area contributed by atoms with E-state index in [4.69, 9.17) is 0 Å². The summed E-state index contributed by atoms with van der Waals surface area (Å²) in [6, 6.07) is 0.518. The molecule has 3 aliphatic heterocycles. The van der Waals surface area contributed by atoms with Gasteiger partial charge in [0.2, 0.25) is 0 Å². The molecule has 1 atom stereocenters. The van der Waals surface area contributed by atoms with E-state index < -0.39 is 0 Å². The van der Waals surface area contributed by atoms with Crippen LogP contribution < -0.4 is 31.9 Å². The number of hydrogen-bond acceptors (Lipinski definition) is 8. The van der Waals surface area contributed by atoms with Gasteiger partial charge in [-0.25, -0.2) is 0 Å². The molecule has 0 radical (unpaired) electrons. The summed E-state index contributed by atoms with van der Waals surface area (Å²) in [5.41, 5.74) is 0. The molecule has 2 bridgehead atoms. The van der Waals surface area contributed by atoms with Crippen molar-refractivity contribution in [3.05, 3.63) is 0 Å². The zero-order chi connectivity index (χ0) is 19.0. The Hall–Kier alpha value is -0.320. The molecule has 0 aromatic rings. The number of hydrogen-bond donors (Lipinski definition) is 6. The van der Waals surface area contributed by atoms with Gasteiger partial charge in [-0.15, -0.1) is 0 Å². The summed E-state index contributed by atoms with van der Waals surface area (Å²) in [6.45, 7) is 20.5. The Morgan fingerprint density at radius 3 is 1.30 bits per heavy atom. The van der Waals surface area contributed by atoms with Crippen molar-refractivity contribution < 1.29 is 0 Å². The summed E-state index contributed by atoms with van der Waals surface area (Å²) in [4.78, 5) is 5.14. The Morgan fingerprint density at radius 2 is 0.852 bits per heavy atom. The van der Waals surface area contributed by atoms with Crippen LogP contribution in [-0.2, 0) is 0 Å². The van der Waals surface area contributed by atoms with Crippen LogP contribution in [-0.4, -0.2) is 127 Å². The predicted octanol–water partition coefficient (Wildman–Crippen LogP) is -2.46. The molecule has 3 heterocycles. The summed E-state index contributed by atoms with van der Waals surface area (Å²) in [5, 5.41) is 21.6. The van der Waals surface area contributed by atoms with Gasteiger partial charge in [-0.3, -0.25) is 9.80 Å². The summed E-state index contributed by atoms with van der Waals surface area (Å²) in [5.74, 6) is 0. The van der Waals surface area contributed by atoms with E-state index >= 15 is 0 Å². The van der Waals surface area contributed by atoms with E-state index in [9.17, 15) is 0 Å². The molecule has 8 nitrogen and oxygen atoms in total. The van der Waals surface area contributed by atoms with Gasteiger partial charge in [0.15, 0.2) is 0 Å². The minimum absolute atomic E-state index is 0.518. The monoisotopic (exact) mass is 384 g/mol. The standard InChI is InChI=1S/C19H44N8/c1-19-18-27-16-11-22-4-2-20-8-13-26(15-10-24-6-7-25-19)14-9-21-3-5-23-12-17-27/h19-25H,2-18H2,1H3. The highest BCUT2D eigenvalue weighted by Crippen LogP contribution is 1.92. The van der Waals surface area contributed by atoms with Gasteiger partial charge >= 0.3 is 0 Å². The van der Waals surface area contributed by atoms with Crippen LogP contribution in [0.3, 0.4) is 0 Å². The lowest BCUT2D eigenvalue weighted by molar-refractivity contribution is 0.243. The number of rotatable bonds is 0. The van der Waals surface area contributed by atoms with E-state index in [1.807, 2.05) is 0 Å². The molecule has 0 aromatic carbocycles. The fourth-order valence-corrected chi connectivity index (χ4v) is 3.65. The van der Waals surface area contributed by atoms with Crippen LogP contribution in [0.15, 0.2) is 0 Å². The molecule has 0 aliphatic carbocycles. The van der Waals surface area contributed by atoms with Crippen molar-refractivity contribution in [2.75, 3.05) is 111 Å². The lowest BCUT2D eigenvalue weighted by atomic mass is 10.3. The molecule has 160 valence electrons. The molecule has 3 aliphatic rings. The van der Waals surface area contributed by atoms with Crippen molar-refractivity contribution in [1.82, 2.24) is 41.7 Å². The van der Waals surface area contributed by atoms with E-state index in [0.717, 1.165) is 111 Å². The Kier molecular flexibility index (Phi) is 13.3. The van der Waals surface area contributed by atoms with Crippen molar-refractivity contribution >= 4 is 0 Å². The quantitative estimate of drug-likeness (QED) is 0.275. The molecule has 6 N–H and O–H groups in total. The van der Waals surface area contributed by atoms with Crippen LogP contribution in [0, 0.1) is 0 Å². The van der Waals surface area contributed by atoms with E-state index in [2.05, 4.69) is 48.6 Å². The number of nitrogens with one attached hydrogen (secondary N) is 6. The second-order valence-corrected chi connectivity index (χ2v) is 7.75. The first-order valence-electron chi connectivity index (χ1n) is 11.1. The maximum absolute atomic E-state index is 3.68. The third-order valence-electron chi connectivity index (χ3n) is 5.31. The van der Waals surface area contributed by atoms with Crippen molar-refractivity contribution in [3.63, 3.8) is 0 Å². The molecular formula is C19H44N8. The number of fused-ring (bicyclic) bond motifs is 21. The normalized spacial score (nSPS) is 32.6. The molecule has 3 fully saturated rings. The van der Waals surface area contributed by atoms with Crippen LogP contribution >= 0.6 is 0 Å². The SMILES string of the molecule is CC1CN2CCNCCNCCN(CCNCCNCC2)CCNCCN1. The molecule has 0 saturated carbocycles. The Balaban J connectivity index is 1.92. The highest BCUT2D eigenvalue weighted by molar-refractivity contribution is 4.72. The van der Waals surface area contributed by atoms with Gasteiger partial charge in [-0.1, -0.05) is 0 Å². The molecule has 3 saturated heterocycles. The Labute approximate surface area is 166 Å². The maximum Gasteiger partial charge on any atom is 0.0167 e. The zero-order valence-corrected chi connectivity index (χ0v) is 17.5. The Morgan fingerprint density at radius 1 is 0.481 bits per heavy atom. The third kappa shape index (κ3) is 12.0. The van der Waals surface area contributed by atoms with Crippen molar-refractivity contribution in [2.45, 2.75) is 13.0 Å². The van der Waals surface area contributed by atoms with E-state index in [1.165, 1.54) is 0 Å². The fraction of sp³-hybridized carbons (Fsp3) is 1.00. The smallest absolute Gasteiger partial charge is 0.0167 e. The van der Waals surface area contributed by atoms with E-state index in [0.29, 0.717) is 6.04 Å². The van der Waals surface area contributed by atoms with Crippen LogP contribution in [0.1, 0.15) is 6.92 Å². The average molecular weight is 385 g/mol. The molecule has 0 spiro atoms. The van der Waals surface area contributed by atoms with Gasteiger partial charge in [0.25, 0.3) is 0 Å². The minimum atomic E-state index is 0.518. The predicted molar refractivity (Wildman–Crippen MR) is 115 cm³/mol. The van der Waals surface area contributed by atoms with Crippen molar-refractivity contribution in [2.24, 2.45) is 0 Å². The molecule has 8 heteroatoms. The van der Waals surface area contributed by atoms with Gasteiger partial charge in [-0.2, -0.15) is 0 Å². The van der Waals surface area contributed by atoms with Crippen molar-refractivity contribution in [3.8, 4) is 0 Å². The highest BCUT2D eigenvalue weighted by Gasteiger charge is 2.10. The molecule has 0 amide bonds. The van der Waals surface area contributed by atoms with Crippen LogP contribution in [0.4, 0.5) is 0 Å². The first-order chi connectivity index (χ1) is 13.3. The zero-order valence-electron chi connectivity index (χ0n) is 17.5. The second-order valence-electron chi connectivity index (χ2n) is 7.75. The highest BCUT2D eigenvalue weighted by atomic mass is 15.2. The van der Waals surface area contributed by atoms with E-state index in [-0.39, 0.29) is 0 Å². The van der Waals surface area contributed by atoms with E-state index in [1.54, 1.807) is 0 Å². The first-order valence-corrected chi connectivity index (χ1v) is 11.1. The molecule has 3 rings (SSSR count). The van der Waals surface area contributed by atoms with Gasteiger partial charge < -0.3 is 31.9 Å². The summed E-state index contributed by atoms with van der Waals surface area (Å²) in [6.07, 6.45) is 0. The summed E-state index contributed by atoms with van der Waals surface area (Å²) < 4.78 is 0. The molecular weight excluding hydrogens is 340 g/mol. The fourth-order valence-electron chi connectivity index (χ4n) is 3.65. The minimum Gasteiger partial charge on any atom is -0.314 e. The topological polar surface area (TPSA) is 78.7 Å². The van der Waals surface area contributed by atoms with Crippen LogP contribution in [0.5, 0.6) is 0 Å². The summed E-state index contributed by atoms with van der Waals surface area (Å²) in [7, 11) is 0.